The van der Waals surface area contributed by atoms with Crippen molar-refractivity contribution >= 4 is 51.5 Å². The highest BCUT2D eigenvalue weighted by molar-refractivity contribution is 7.12. The van der Waals surface area contributed by atoms with Crippen LogP contribution in [0, 0.1) is 0 Å². The SMILES string of the molecule is C=C1C=Cc2c([C@@H](O)CNCCc3ccc4c(c3)oc(=O)n4CCCN(C)[C@H]3CC[C@H](OC(=O)C(O)(c4cccs4)c4cccs4)CC3)ccc(O)c2N1. The Morgan fingerprint density at radius 3 is 2.56 bits per heavy atom. The third-order valence-corrected chi connectivity index (χ3v) is 12.5. The molecule has 0 unspecified atom stereocenters. The van der Waals surface area contributed by atoms with Crippen LogP contribution in [0.25, 0.3) is 17.2 Å². The van der Waals surface area contributed by atoms with Crippen LogP contribution in [0.15, 0.2) is 92.9 Å². The van der Waals surface area contributed by atoms with E-state index in [1.165, 1.54) is 22.7 Å². The summed E-state index contributed by atoms with van der Waals surface area (Å²) in [6, 6.07) is 16.7. The Bertz CT molecular complexity index is 2130. The molecule has 1 saturated carbocycles. The average molecular weight is 771 g/mol. The average Bonchev–Trinajstić information content (AvgIpc) is 3.97. The number of benzene rings is 2. The molecule has 0 bridgehead atoms. The maximum atomic E-state index is 13.4. The van der Waals surface area contributed by atoms with Crippen LogP contribution < -0.4 is 16.4 Å². The minimum atomic E-state index is -1.79. The topological polar surface area (TPSA) is 149 Å². The zero-order chi connectivity index (χ0) is 37.8. The van der Waals surface area contributed by atoms with Gasteiger partial charge in [-0.05, 0) is 117 Å². The second-order valence-electron chi connectivity index (χ2n) is 14.1. The highest BCUT2D eigenvalue weighted by Crippen LogP contribution is 2.39. The van der Waals surface area contributed by atoms with Crippen molar-refractivity contribution < 1.29 is 29.3 Å². The van der Waals surface area contributed by atoms with Crippen molar-refractivity contribution in [2.45, 2.75) is 68.9 Å². The monoisotopic (exact) mass is 770 g/mol. The molecule has 13 heteroatoms. The van der Waals surface area contributed by atoms with Crippen LogP contribution in [0.1, 0.15) is 64.7 Å². The molecule has 4 heterocycles. The maximum absolute atomic E-state index is 13.4. The summed E-state index contributed by atoms with van der Waals surface area (Å²) in [5.41, 5.74) is 3.21. The molecule has 1 fully saturated rings. The van der Waals surface area contributed by atoms with Gasteiger partial charge >= 0.3 is 11.7 Å². The summed E-state index contributed by atoms with van der Waals surface area (Å²) in [5.74, 6) is -0.883. The number of thiophene rings is 2. The Labute approximate surface area is 321 Å². The van der Waals surface area contributed by atoms with E-state index in [-0.39, 0.29) is 17.6 Å². The third-order valence-electron chi connectivity index (χ3n) is 10.5. The normalized spacial score (nSPS) is 17.8. The number of aromatic nitrogens is 1. The first kappa shape index (κ1) is 37.8. The van der Waals surface area contributed by atoms with Gasteiger partial charge in [0.25, 0.3) is 0 Å². The number of rotatable bonds is 15. The van der Waals surface area contributed by atoms with E-state index in [9.17, 15) is 24.9 Å². The van der Waals surface area contributed by atoms with Gasteiger partial charge in [-0.3, -0.25) is 4.57 Å². The number of carbonyl (C=O) groups excluding carboxylic acids is 1. The Hall–Kier alpha value is -4.50. The first-order valence-electron chi connectivity index (χ1n) is 18.3. The van der Waals surface area contributed by atoms with E-state index in [0.29, 0.717) is 64.4 Å². The Balaban J connectivity index is 0.857. The number of aromatic hydroxyl groups is 1. The van der Waals surface area contributed by atoms with Crippen molar-refractivity contribution in [3.63, 3.8) is 0 Å². The van der Waals surface area contributed by atoms with Crippen LogP contribution in [0.5, 0.6) is 5.75 Å². The van der Waals surface area contributed by atoms with E-state index in [2.05, 4.69) is 29.2 Å². The minimum absolute atomic E-state index is 0.106. The van der Waals surface area contributed by atoms with Crippen molar-refractivity contribution in [2.24, 2.45) is 0 Å². The number of oxazole rings is 1. The number of hydrogen-bond acceptors (Lipinski definition) is 12. The quantitative estimate of drug-likeness (QED) is 0.0463. The number of phenolic OH excluding ortho intramolecular Hbond substituents is 1. The van der Waals surface area contributed by atoms with Crippen LogP contribution >= 0.6 is 22.7 Å². The van der Waals surface area contributed by atoms with Crippen LogP contribution in [-0.2, 0) is 28.1 Å². The van der Waals surface area contributed by atoms with E-state index < -0.39 is 17.7 Å². The van der Waals surface area contributed by atoms with Crippen molar-refractivity contribution in [3.05, 3.63) is 121 Å². The lowest BCUT2D eigenvalue weighted by Gasteiger charge is -2.35. The fraction of sp³-hybridized carbons (Fsp3) is 0.366. The molecule has 3 aromatic heterocycles. The summed E-state index contributed by atoms with van der Waals surface area (Å²) in [6.07, 6.45) is 7.29. The molecule has 0 amide bonds. The molecule has 1 aliphatic heterocycles. The number of nitrogens with one attached hydrogen (secondary N) is 2. The van der Waals surface area contributed by atoms with E-state index in [1.807, 2.05) is 53.2 Å². The zero-order valence-electron chi connectivity index (χ0n) is 30.2. The number of anilines is 1. The number of aryl methyl sites for hydroxylation is 1. The Morgan fingerprint density at radius 2 is 1.85 bits per heavy atom. The molecule has 11 nitrogen and oxygen atoms in total. The first-order chi connectivity index (χ1) is 26.1. The standard InChI is InChI=1S/C41H46N4O7S2/c1-26-8-14-31-30(15-17-33(46)38(31)43-26)34(47)25-42-19-18-27-9-16-32-35(24-27)52-40(49)45(32)21-5-20-44(2)28-10-12-29(13-11-28)51-39(48)41(50,36-6-3-22-53-36)37-7-4-23-54-37/h3-4,6-9,14-17,22-24,28-29,34,42-43,46-47,50H,1,5,10-13,18-21,25H2,2H3/t28-,29-,34-/m0/s1. The molecule has 0 radical (unpaired) electrons. The molecule has 284 valence electrons. The highest BCUT2D eigenvalue weighted by atomic mass is 32.1. The molecule has 2 aromatic carbocycles. The van der Waals surface area contributed by atoms with E-state index in [0.717, 1.165) is 55.3 Å². The molecular weight excluding hydrogens is 725 g/mol. The molecule has 5 aromatic rings. The predicted octanol–water partition coefficient (Wildman–Crippen LogP) is 6.35. The van der Waals surface area contributed by atoms with Gasteiger partial charge in [-0.25, -0.2) is 9.59 Å². The van der Waals surface area contributed by atoms with Gasteiger partial charge in [0.15, 0.2) is 5.58 Å². The van der Waals surface area contributed by atoms with Crippen LogP contribution in [-0.4, -0.2) is 69.6 Å². The lowest BCUT2D eigenvalue weighted by molar-refractivity contribution is -0.169. The van der Waals surface area contributed by atoms with Gasteiger partial charge in [0, 0.05) is 30.4 Å². The number of ether oxygens (including phenoxy) is 1. The lowest BCUT2D eigenvalue weighted by Crippen LogP contribution is -2.42. The maximum Gasteiger partial charge on any atom is 0.419 e. The molecule has 2 aliphatic rings. The molecule has 1 atom stereocenters. The second kappa shape index (κ2) is 16.5. The Kier molecular flexibility index (Phi) is 11.5. The van der Waals surface area contributed by atoms with Gasteiger partial charge in [-0.2, -0.15) is 0 Å². The number of hydrogen-bond donors (Lipinski definition) is 5. The van der Waals surface area contributed by atoms with Crippen molar-refractivity contribution in [1.29, 1.82) is 0 Å². The number of allylic oxidation sites excluding steroid dienone is 1. The smallest absolute Gasteiger partial charge is 0.419 e. The van der Waals surface area contributed by atoms with Crippen LogP contribution in [0.4, 0.5) is 5.69 Å². The molecule has 7 rings (SSSR count). The lowest BCUT2D eigenvalue weighted by atomic mass is 9.91. The van der Waals surface area contributed by atoms with Gasteiger partial charge in [0.05, 0.1) is 27.1 Å². The summed E-state index contributed by atoms with van der Waals surface area (Å²) < 4.78 is 13.3. The zero-order valence-corrected chi connectivity index (χ0v) is 31.8. The fourth-order valence-corrected chi connectivity index (χ4v) is 9.18. The summed E-state index contributed by atoms with van der Waals surface area (Å²) in [4.78, 5) is 29.7. The van der Waals surface area contributed by atoms with Crippen molar-refractivity contribution in [1.82, 2.24) is 14.8 Å². The van der Waals surface area contributed by atoms with Crippen molar-refractivity contribution in [2.75, 3.05) is 32.0 Å². The van der Waals surface area contributed by atoms with E-state index in [1.54, 1.807) is 28.8 Å². The largest absolute Gasteiger partial charge is 0.506 e. The number of nitrogens with zero attached hydrogens (tertiary/aromatic N) is 2. The molecule has 1 aliphatic carbocycles. The first-order valence-corrected chi connectivity index (χ1v) is 20.1. The minimum Gasteiger partial charge on any atom is -0.506 e. The second-order valence-corrected chi connectivity index (χ2v) is 16.0. The number of phenols is 1. The molecule has 0 saturated heterocycles. The summed E-state index contributed by atoms with van der Waals surface area (Å²) in [5, 5.41) is 42.8. The molecule has 5 N–H and O–H groups in total. The van der Waals surface area contributed by atoms with E-state index in [4.69, 9.17) is 9.15 Å². The van der Waals surface area contributed by atoms with Gasteiger partial charge in [0.1, 0.15) is 11.9 Å². The number of aliphatic hydroxyl groups is 2. The third kappa shape index (κ3) is 7.97. The summed E-state index contributed by atoms with van der Waals surface area (Å²) in [6.45, 7) is 6.16. The number of esters is 1. The number of aliphatic hydroxyl groups excluding tert-OH is 1. The fourth-order valence-electron chi connectivity index (χ4n) is 7.46. The predicted molar refractivity (Wildman–Crippen MR) is 213 cm³/mol. The van der Waals surface area contributed by atoms with Crippen molar-refractivity contribution in [3.8, 4) is 5.75 Å². The van der Waals surface area contributed by atoms with Gasteiger partial charge in [-0.15, -0.1) is 22.7 Å². The van der Waals surface area contributed by atoms with Gasteiger partial charge in [0.2, 0.25) is 5.60 Å². The molecular formula is C41H46N4O7S2. The van der Waals surface area contributed by atoms with E-state index >= 15 is 0 Å². The number of carbonyl (C=O) groups is 1. The van der Waals surface area contributed by atoms with Crippen LogP contribution in [0.3, 0.4) is 0 Å². The summed E-state index contributed by atoms with van der Waals surface area (Å²) >= 11 is 2.68. The summed E-state index contributed by atoms with van der Waals surface area (Å²) in [7, 11) is 2.10. The van der Waals surface area contributed by atoms with Crippen LogP contribution in [0.2, 0.25) is 0 Å². The van der Waals surface area contributed by atoms with Gasteiger partial charge in [-0.1, -0.05) is 36.9 Å². The van der Waals surface area contributed by atoms with Gasteiger partial charge < -0.3 is 40.0 Å². The highest BCUT2D eigenvalue weighted by Gasteiger charge is 2.45. The Morgan fingerprint density at radius 1 is 1.11 bits per heavy atom. The molecule has 54 heavy (non-hydrogen) atoms. The number of fused-ring (bicyclic) bond motifs is 2. The molecule has 0 spiro atoms.